The minimum atomic E-state index is 0.753. The lowest BCUT2D eigenvalue weighted by atomic mass is 9.79. The van der Waals surface area contributed by atoms with Crippen LogP contribution in [0.5, 0.6) is 0 Å². The first-order chi connectivity index (χ1) is 6.70. The van der Waals surface area contributed by atoms with Gasteiger partial charge in [-0.1, -0.05) is 13.8 Å². The van der Waals surface area contributed by atoms with Crippen LogP contribution in [-0.4, -0.2) is 37.1 Å². The van der Waals surface area contributed by atoms with Gasteiger partial charge < -0.3 is 5.32 Å². The third kappa shape index (κ3) is 1.96. The van der Waals surface area contributed by atoms with Crippen molar-refractivity contribution in [3.05, 3.63) is 0 Å². The number of piperidine rings is 1. The van der Waals surface area contributed by atoms with E-state index in [9.17, 15) is 0 Å². The van der Waals surface area contributed by atoms with Gasteiger partial charge in [-0.15, -0.1) is 0 Å². The Labute approximate surface area is 88.1 Å². The first kappa shape index (κ1) is 10.4. The zero-order chi connectivity index (χ0) is 10.1. The quantitative estimate of drug-likeness (QED) is 0.723. The minimum absolute atomic E-state index is 0.753. The number of nitrogens with zero attached hydrogens (tertiary/aromatic N) is 1. The van der Waals surface area contributed by atoms with Gasteiger partial charge in [0.05, 0.1) is 0 Å². The van der Waals surface area contributed by atoms with Crippen LogP contribution in [-0.2, 0) is 0 Å². The topological polar surface area (TPSA) is 15.3 Å². The fraction of sp³-hybridized carbons (Fsp3) is 1.00. The predicted octanol–water partition coefficient (Wildman–Crippen LogP) is 1.71. The second-order valence-corrected chi connectivity index (χ2v) is 5.39. The Morgan fingerprint density at radius 1 is 1.21 bits per heavy atom. The molecule has 1 saturated heterocycles. The summed E-state index contributed by atoms with van der Waals surface area (Å²) in [5, 5.41) is 3.43. The summed E-state index contributed by atoms with van der Waals surface area (Å²) in [6.07, 6.45) is 4.22. The highest BCUT2D eigenvalue weighted by Gasteiger charge is 2.34. The first-order valence-corrected chi connectivity index (χ1v) is 6.12. The highest BCUT2D eigenvalue weighted by molar-refractivity contribution is 4.90. The highest BCUT2D eigenvalue weighted by atomic mass is 15.2. The molecule has 1 aliphatic carbocycles. The molecule has 0 aromatic heterocycles. The Morgan fingerprint density at radius 3 is 2.43 bits per heavy atom. The maximum Gasteiger partial charge on any atom is 0.0114 e. The smallest absolute Gasteiger partial charge is 0.0114 e. The molecule has 1 aliphatic heterocycles. The summed E-state index contributed by atoms with van der Waals surface area (Å²) < 4.78 is 0. The van der Waals surface area contributed by atoms with Crippen LogP contribution in [0.3, 0.4) is 0 Å². The van der Waals surface area contributed by atoms with Crippen LogP contribution in [0.25, 0.3) is 0 Å². The van der Waals surface area contributed by atoms with Gasteiger partial charge in [-0.05, 0) is 44.7 Å². The van der Waals surface area contributed by atoms with E-state index in [-0.39, 0.29) is 0 Å². The molecule has 2 unspecified atom stereocenters. The average molecular weight is 196 g/mol. The zero-order valence-corrected chi connectivity index (χ0v) is 9.79. The standard InChI is InChI=1S/C12H24N2/c1-9-6-11(7-9)14-5-4-12(13-3)10(2)8-14/h9-13H,4-8H2,1-3H3. The Balaban J connectivity index is 1.81. The van der Waals surface area contributed by atoms with Crippen molar-refractivity contribution in [3.8, 4) is 0 Å². The molecule has 2 fully saturated rings. The summed E-state index contributed by atoms with van der Waals surface area (Å²) in [5.74, 6) is 1.81. The van der Waals surface area contributed by atoms with Crippen molar-refractivity contribution >= 4 is 0 Å². The van der Waals surface area contributed by atoms with E-state index in [2.05, 4.69) is 31.1 Å². The fourth-order valence-electron chi connectivity index (χ4n) is 3.10. The molecule has 0 bridgehead atoms. The summed E-state index contributed by atoms with van der Waals surface area (Å²) >= 11 is 0. The van der Waals surface area contributed by atoms with Crippen molar-refractivity contribution in [1.82, 2.24) is 10.2 Å². The molecule has 1 saturated carbocycles. The van der Waals surface area contributed by atoms with E-state index < -0.39 is 0 Å². The number of hydrogen-bond acceptors (Lipinski definition) is 2. The lowest BCUT2D eigenvalue weighted by molar-refractivity contribution is 0.0402. The molecule has 82 valence electrons. The second-order valence-electron chi connectivity index (χ2n) is 5.39. The average Bonchev–Trinajstić information content (AvgIpc) is 2.13. The van der Waals surface area contributed by atoms with Gasteiger partial charge in [-0.3, -0.25) is 4.90 Å². The van der Waals surface area contributed by atoms with Crippen LogP contribution in [0, 0.1) is 11.8 Å². The van der Waals surface area contributed by atoms with Gasteiger partial charge in [0.25, 0.3) is 0 Å². The molecular weight excluding hydrogens is 172 g/mol. The van der Waals surface area contributed by atoms with Gasteiger partial charge in [0.15, 0.2) is 0 Å². The van der Waals surface area contributed by atoms with E-state index in [1.54, 1.807) is 0 Å². The molecular formula is C12H24N2. The van der Waals surface area contributed by atoms with Crippen LogP contribution in [0.2, 0.25) is 0 Å². The van der Waals surface area contributed by atoms with Gasteiger partial charge in [-0.25, -0.2) is 0 Å². The minimum Gasteiger partial charge on any atom is -0.317 e. The van der Waals surface area contributed by atoms with Crippen molar-refractivity contribution in [2.75, 3.05) is 20.1 Å². The lowest BCUT2D eigenvalue weighted by Gasteiger charge is -2.46. The van der Waals surface area contributed by atoms with Crippen LogP contribution >= 0.6 is 0 Å². The Bertz CT molecular complexity index is 187. The Kier molecular flexibility index (Phi) is 3.13. The lowest BCUT2D eigenvalue weighted by Crippen LogP contribution is -2.53. The molecule has 0 amide bonds. The Morgan fingerprint density at radius 2 is 1.93 bits per heavy atom. The van der Waals surface area contributed by atoms with Crippen LogP contribution in [0.4, 0.5) is 0 Å². The molecule has 0 aromatic carbocycles. The maximum absolute atomic E-state index is 3.43. The number of rotatable bonds is 2. The van der Waals surface area contributed by atoms with E-state index in [0.717, 1.165) is 23.9 Å². The number of nitrogens with one attached hydrogen (secondary N) is 1. The summed E-state index contributed by atoms with van der Waals surface area (Å²) in [4.78, 5) is 2.72. The van der Waals surface area contributed by atoms with Gasteiger partial charge >= 0.3 is 0 Å². The normalized spacial score (nSPS) is 44.8. The summed E-state index contributed by atoms with van der Waals surface area (Å²) in [7, 11) is 2.10. The largest absolute Gasteiger partial charge is 0.317 e. The van der Waals surface area contributed by atoms with Crippen LogP contribution < -0.4 is 5.32 Å². The maximum atomic E-state index is 3.43. The number of likely N-dealkylation sites (tertiary alicyclic amines) is 1. The highest BCUT2D eigenvalue weighted by Crippen LogP contribution is 2.33. The van der Waals surface area contributed by atoms with Crippen molar-refractivity contribution in [3.63, 3.8) is 0 Å². The summed E-state index contributed by atoms with van der Waals surface area (Å²) in [6, 6.07) is 1.68. The monoisotopic (exact) mass is 196 g/mol. The van der Waals surface area contributed by atoms with Crippen molar-refractivity contribution in [2.45, 2.75) is 45.2 Å². The third-order valence-corrected chi connectivity index (χ3v) is 4.17. The molecule has 14 heavy (non-hydrogen) atoms. The molecule has 2 nitrogen and oxygen atoms in total. The summed E-state index contributed by atoms with van der Waals surface area (Å²) in [6.45, 7) is 7.38. The van der Waals surface area contributed by atoms with Gasteiger partial charge in [0, 0.05) is 18.6 Å². The van der Waals surface area contributed by atoms with E-state index in [4.69, 9.17) is 0 Å². The van der Waals surface area contributed by atoms with Crippen molar-refractivity contribution in [1.29, 1.82) is 0 Å². The summed E-state index contributed by atoms with van der Waals surface area (Å²) in [5.41, 5.74) is 0. The molecule has 0 spiro atoms. The van der Waals surface area contributed by atoms with Crippen LogP contribution in [0.1, 0.15) is 33.1 Å². The molecule has 2 rings (SSSR count). The molecule has 2 heteroatoms. The van der Waals surface area contributed by atoms with E-state index in [1.165, 1.54) is 32.4 Å². The molecule has 0 aromatic rings. The van der Waals surface area contributed by atoms with Gasteiger partial charge in [0.2, 0.25) is 0 Å². The molecule has 2 aliphatic rings. The van der Waals surface area contributed by atoms with E-state index in [0.29, 0.717) is 0 Å². The molecule has 1 heterocycles. The zero-order valence-electron chi connectivity index (χ0n) is 9.79. The van der Waals surface area contributed by atoms with Gasteiger partial charge in [-0.2, -0.15) is 0 Å². The molecule has 1 N–H and O–H groups in total. The number of hydrogen-bond donors (Lipinski definition) is 1. The van der Waals surface area contributed by atoms with E-state index in [1.807, 2.05) is 0 Å². The van der Waals surface area contributed by atoms with E-state index >= 15 is 0 Å². The molecule has 0 radical (unpaired) electrons. The van der Waals surface area contributed by atoms with Crippen LogP contribution in [0.15, 0.2) is 0 Å². The van der Waals surface area contributed by atoms with Gasteiger partial charge in [0.1, 0.15) is 0 Å². The second kappa shape index (κ2) is 4.19. The van der Waals surface area contributed by atoms with Crippen molar-refractivity contribution in [2.24, 2.45) is 11.8 Å². The third-order valence-electron chi connectivity index (χ3n) is 4.17. The van der Waals surface area contributed by atoms with Crippen molar-refractivity contribution < 1.29 is 0 Å². The Hall–Kier alpha value is -0.0800. The SMILES string of the molecule is CNC1CCN(C2CC(C)C2)CC1C. The fourth-order valence-corrected chi connectivity index (χ4v) is 3.10. The molecule has 2 atom stereocenters. The predicted molar refractivity (Wildman–Crippen MR) is 60.4 cm³/mol. The first-order valence-electron chi connectivity index (χ1n) is 6.12.